The average Bonchev–Trinajstić information content (AvgIpc) is 3.18. The van der Waals surface area contributed by atoms with Crippen molar-refractivity contribution in [3.8, 4) is 0 Å². The number of hydrogen-bond donors (Lipinski definition) is 2. The molecule has 1 aliphatic carbocycles. The number of hydrogen-bond acceptors (Lipinski definition) is 4. The summed E-state index contributed by atoms with van der Waals surface area (Å²) < 4.78 is 2.18. The summed E-state index contributed by atoms with van der Waals surface area (Å²) in [7, 11) is 2.08. The highest BCUT2D eigenvalue weighted by molar-refractivity contribution is 5.92. The first-order chi connectivity index (χ1) is 16.7. The molecule has 2 amide bonds. The third-order valence-corrected chi connectivity index (χ3v) is 7.32. The minimum Gasteiger partial charge on any atom is -0.369 e. The lowest BCUT2D eigenvalue weighted by Gasteiger charge is -2.36. The monoisotopic (exact) mass is 460 g/mol. The zero-order chi connectivity index (χ0) is 23.3. The number of rotatable bonds is 6. The number of aryl methyl sites for hydroxylation is 1. The fraction of sp³-hybridized carbons (Fsp3) is 0.481. The first-order valence-electron chi connectivity index (χ1n) is 12.7. The zero-order valence-electron chi connectivity index (χ0n) is 20.2. The molecule has 3 aromatic rings. The molecule has 1 saturated carbocycles. The van der Waals surface area contributed by atoms with Gasteiger partial charge in [0.25, 0.3) is 0 Å². The van der Waals surface area contributed by atoms with Crippen molar-refractivity contribution in [3.63, 3.8) is 0 Å². The largest absolute Gasteiger partial charge is 0.369 e. The van der Waals surface area contributed by atoms with Crippen molar-refractivity contribution in [2.45, 2.75) is 44.6 Å². The quantitative estimate of drug-likeness (QED) is 0.573. The van der Waals surface area contributed by atoms with Crippen LogP contribution < -0.4 is 15.5 Å². The Morgan fingerprint density at radius 1 is 1.00 bits per heavy atom. The second kappa shape index (κ2) is 10.5. The average molecular weight is 461 g/mol. The van der Waals surface area contributed by atoms with Crippen LogP contribution >= 0.6 is 0 Å². The summed E-state index contributed by atoms with van der Waals surface area (Å²) in [6.07, 6.45) is 6.77. The molecule has 2 N–H and O–H groups in total. The van der Waals surface area contributed by atoms with Gasteiger partial charge in [-0.1, -0.05) is 37.5 Å². The first kappa shape index (κ1) is 22.7. The molecule has 0 radical (unpaired) electrons. The summed E-state index contributed by atoms with van der Waals surface area (Å²) in [5.41, 5.74) is 4.14. The van der Waals surface area contributed by atoms with E-state index in [0.717, 1.165) is 74.5 Å². The number of carbonyl (C=O) groups is 1. The van der Waals surface area contributed by atoms with Gasteiger partial charge in [-0.15, -0.1) is 0 Å². The second-order valence-corrected chi connectivity index (χ2v) is 9.64. The van der Waals surface area contributed by atoms with Crippen molar-refractivity contribution in [2.75, 3.05) is 42.9 Å². The number of imidazole rings is 1. The van der Waals surface area contributed by atoms with Gasteiger partial charge in [-0.05, 0) is 43.2 Å². The van der Waals surface area contributed by atoms with E-state index in [4.69, 9.17) is 4.98 Å². The molecule has 7 nitrogen and oxygen atoms in total. The van der Waals surface area contributed by atoms with Gasteiger partial charge < -0.3 is 20.1 Å². The molecular formula is C27H36N6O. The molecule has 5 rings (SSSR count). The number of piperazine rings is 1. The van der Waals surface area contributed by atoms with E-state index in [9.17, 15) is 4.79 Å². The first-order valence-corrected chi connectivity index (χ1v) is 12.7. The summed E-state index contributed by atoms with van der Waals surface area (Å²) in [4.78, 5) is 22.3. The van der Waals surface area contributed by atoms with Gasteiger partial charge in [0.1, 0.15) is 5.82 Å². The maximum absolute atomic E-state index is 12.4. The molecule has 1 aromatic heterocycles. The minimum atomic E-state index is -0.114. The van der Waals surface area contributed by atoms with Gasteiger partial charge in [0, 0.05) is 63.6 Å². The van der Waals surface area contributed by atoms with Gasteiger partial charge in [-0.2, -0.15) is 0 Å². The number of anilines is 2. The Morgan fingerprint density at radius 2 is 1.76 bits per heavy atom. The Hall–Kier alpha value is -3.06. The van der Waals surface area contributed by atoms with E-state index < -0.39 is 0 Å². The van der Waals surface area contributed by atoms with Gasteiger partial charge in [0.15, 0.2) is 0 Å². The molecule has 2 fully saturated rings. The van der Waals surface area contributed by atoms with Crippen LogP contribution in [0.4, 0.5) is 16.2 Å². The lowest BCUT2D eigenvalue weighted by molar-refractivity contribution is 0.244. The summed E-state index contributed by atoms with van der Waals surface area (Å²) >= 11 is 0. The summed E-state index contributed by atoms with van der Waals surface area (Å²) in [6, 6.07) is 16.9. The normalized spacial score (nSPS) is 17.7. The van der Waals surface area contributed by atoms with Gasteiger partial charge >= 0.3 is 6.03 Å². The summed E-state index contributed by atoms with van der Waals surface area (Å²) in [5, 5.41) is 6.12. The fourth-order valence-corrected chi connectivity index (χ4v) is 5.28. The number of nitrogens with one attached hydrogen (secondary N) is 2. The minimum absolute atomic E-state index is 0.114. The predicted molar refractivity (Wildman–Crippen MR) is 139 cm³/mol. The Balaban J connectivity index is 1.15. The predicted octanol–water partition coefficient (Wildman–Crippen LogP) is 4.39. The molecule has 1 aliphatic heterocycles. The topological polar surface area (TPSA) is 65.4 Å². The van der Waals surface area contributed by atoms with Gasteiger partial charge in [-0.3, -0.25) is 4.90 Å². The zero-order valence-corrected chi connectivity index (χ0v) is 20.2. The number of benzene rings is 2. The number of amides is 2. The molecule has 7 heteroatoms. The van der Waals surface area contributed by atoms with E-state index in [-0.39, 0.29) is 6.03 Å². The Bertz CT molecular complexity index is 1100. The third-order valence-electron chi connectivity index (χ3n) is 7.32. The highest BCUT2D eigenvalue weighted by Gasteiger charge is 2.19. The Morgan fingerprint density at radius 3 is 2.53 bits per heavy atom. The van der Waals surface area contributed by atoms with Crippen molar-refractivity contribution < 1.29 is 4.79 Å². The summed E-state index contributed by atoms with van der Waals surface area (Å²) in [6.45, 7) is 5.27. The van der Waals surface area contributed by atoms with E-state index in [0.29, 0.717) is 6.04 Å². The van der Waals surface area contributed by atoms with Crippen LogP contribution in [0.2, 0.25) is 0 Å². The number of aromatic nitrogens is 2. The van der Waals surface area contributed by atoms with Crippen LogP contribution in [0.25, 0.3) is 11.0 Å². The van der Waals surface area contributed by atoms with Crippen LogP contribution in [-0.4, -0.2) is 59.2 Å². The van der Waals surface area contributed by atoms with Crippen LogP contribution in [0.15, 0.2) is 48.5 Å². The maximum atomic E-state index is 12.4. The lowest BCUT2D eigenvalue weighted by Crippen LogP contribution is -2.47. The fourth-order valence-electron chi connectivity index (χ4n) is 5.28. The van der Waals surface area contributed by atoms with E-state index in [1.54, 1.807) is 0 Å². The van der Waals surface area contributed by atoms with Crippen LogP contribution in [0.1, 0.15) is 37.9 Å². The second-order valence-electron chi connectivity index (χ2n) is 9.64. The third kappa shape index (κ3) is 5.36. The van der Waals surface area contributed by atoms with E-state index in [1.165, 1.54) is 24.9 Å². The molecule has 34 heavy (non-hydrogen) atoms. The van der Waals surface area contributed by atoms with Crippen LogP contribution in [0.5, 0.6) is 0 Å². The molecule has 0 unspecified atom stereocenters. The lowest BCUT2D eigenvalue weighted by atomic mass is 9.96. The molecule has 1 saturated heterocycles. The van der Waals surface area contributed by atoms with E-state index in [1.807, 2.05) is 12.1 Å². The summed E-state index contributed by atoms with van der Waals surface area (Å²) in [5.74, 6) is 1.09. The molecule has 2 aromatic carbocycles. The van der Waals surface area contributed by atoms with Crippen molar-refractivity contribution in [3.05, 3.63) is 54.4 Å². The SMILES string of the molecule is Cn1c(CCN2CCN(c3ccccc3)CC2)nc2cc(NC(=O)NC3CCCCC3)ccc21. The molecular weight excluding hydrogens is 424 g/mol. The smallest absolute Gasteiger partial charge is 0.319 e. The maximum Gasteiger partial charge on any atom is 0.319 e. The van der Waals surface area contributed by atoms with Crippen molar-refractivity contribution in [1.82, 2.24) is 19.8 Å². The van der Waals surface area contributed by atoms with Crippen LogP contribution in [0.3, 0.4) is 0 Å². The number of carbonyl (C=O) groups excluding carboxylic acids is 1. The van der Waals surface area contributed by atoms with Crippen molar-refractivity contribution >= 4 is 28.4 Å². The van der Waals surface area contributed by atoms with Gasteiger partial charge in [0.05, 0.1) is 11.0 Å². The molecule has 180 valence electrons. The number of para-hydroxylation sites is 1. The van der Waals surface area contributed by atoms with E-state index >= 15 is 0 Å². The van der Waals surface area contributed by atoms with Gasteiger partial charge in [0.2, 0.25) is 0 Å². The molecule has 0 atom stereocenters. The molecule has 2 aliphatic rings. The Labute approximate surface area is 202 Å². The Kier molecular flexibility index (Phi) is 7.00. The number of fused-ring (bicyclic) bond motifs is 1. The molecule has 0 bridgehead atoms. The number of nitrogens with zero attached hydrogens (tertiary/aromatic N) is 4. The highest BCUT2D eigenvalue weighted by Crippen LogP contribution is 2.22. The van der Waals surface area contributed by atoms with Gasteiger partial charge in [-0.25, -0.2) is 9.78 Å². The van der Waals surface area contributed by atoms with Crippen LogP contribution in [0, 0.1) is 0 Å². The number of urea groups is 1. The highest BCUT2D eigenvalue weighted by atomic mass is 16.2. The standard InChI is InChI=1S/C27H36N6O/c1-31-25-13-12-22(29-27(34)28-21-8-4-2-5-9-21)20-24(25)30-26(31)14-15-32-16-18-33(19-17-32)23-10-6-3-7-11-23/h3,6-7,10-13,20-21H,2,4-5,8-9,14-19H2,1H3,(H2,28,29,34). The van der Waals surface area contributed by atoms with E-state index in [2.05, 4.69) is 68.4 Å². The molecule has 2 heterocycles. The van der Waals surface area contributed by atoms with Crippen molar-refractivity contribution in [2.24, 2.45) is 7.05 Å². The molecule has 0 spiro atoms. The van der Waals surface area contributed by atoms with Crippen molar-refractivity contribution in [1.29, 1.82) is 0 Å². The van der Waals surface area contributed by atoms with Crippen LogP contribution in [-0.2, 0) is 13.5 Å².